The maximum atomic E-state index is 12.7. The summed E-state index contributed by atoms with van der Waals surface area (Å²) in [4.78, 5) is 49.6. The maximum absolute atomic E-state index is 12.7. The van der Waals surface area contributed by atoms with Crippen molar-refractivity contribution in [1.82, 2.24) is 4.90 Å². The van der Waals surface area contributed by atoms with E-state index in [4.69, 9.17) is 14.6 Å². The van der Waals surface area contributed by atoms with Crippen molar-refractivity contribution in [2.24, 2.45) is 0 Å². The van der Waals surface area contributed by atoms with Crippen LogP contribution in [0.2, 0.25) is 0 Å². The van der Waals surface area contributed by atoms with E-state index in [-0.39, 0.29) is 13.0 Å². The molecule has 1 aliphatic heterocycles. The Hall–Kier alpha value is -5.74. The number of hydrogen-bond acceptors (Lipinski definition) is 7. The molecule has 1 unspecified atom stereocenters. The van der Waals surface area contributed by atoms with E-state index in [0.717, 1.165) is 47.0 Å². The van der Waals surface area contributed by atoms with Gasteiger partial charge in [0.1, 0.15) is 11.5 Å². The topological polar surface area (TPSA) is 130 Å². The minimum Gasteiger partial charge on any atom is -0.482 e. The molecule has 1 atom stereocenters. The molecule has 228 valence electrons. The number of aliphatic carboxylic acids is 2. The van der Waals surface area contributed by atoms with Crippen LogP contribution in [-0.2, 0) is 9.59 Å². The highest BCUT2D eigenvalue weighted by molar-refractivity contribution is 7.26. The molecule has 0 saturated carbocycles. The second-order valence-electron chi connectivity index (χ2n) is 10.9. The maximum Gasteiger partial charge on any atom is 0.344 e. The van der Waals surface area contributed by atoms with Crippen molar-refractivity contribution in [3.63, 3.8) is 0 Å². The zero-order valence-corrected chi connectivity index (χ0v) is 25.0. The summed E-state index contributed by atoms with van der Waals surface area (Å²) in [5.74, 6) is -2.32. The summed E-state index contributed by atoms with van der Waals surface area (Å²) in [6.07, 6.45) is -1.36. The van der Waals surface area contributed by atoms with Gasteiger partial charge in [0.05, 0.1) is 11.1 Å². The van der Waals surface area contributed by atoms with Crippen LogP contribution >= 0.6 is 11.3 Å². The number of nitrogens with zero attached hydrogens (tertiary/aromatic N) is 1. The minimum absolute atomic E-state index is 0.0778. The van der Waals surface area contributed by atoms with Crippen LogP contribution in [0, 0.1) is 0 Å². The summed E-state index contributed by atoms with van der Waals surface area (Å²) in [7, 11) is 0. The average molecular weight is 632 g/mol. The molecule has 1 aliphatic rings. The summed E-state index contributed by atoms with van der Waals surface area (Å²) in [6, 6.07) is 29.5. The molecule has 46 heavy (non-hydrogen) atoms. The molecule has 6 aromatic rings. The Labute approximate surface area is 265 Å². The van der Waals surface area contributed by atoms with Crippen LogP contribution in [0.25, 0.3) is 42.1 Å². The van der Waals surface area contributed by atoms with Gasteiger partial charge in [-0.15, -0.1) is 11.3 Å². The van der Waals surface area contributed by atoms with Crippen molar-refractivity contribution in [2.75, 3.05) is 13.2 Å². The zero-order chi connectivity index (χ0) is 31.9. The Bertz CT molecular complexity index is 2170. The Morgan fingerprint density at radius 1 is 0.761 bits per heavy atom. The van der Waals surface area contributed by atoms with Gasteiger partial charge in [-0.25, -0.2) is 9.59 Å². The highest BCUT2D eigenvalue weighted by atomic mass is 32.1. The van der Waals surface area contributed by atoms with Crippen LogP contribution in [0.5, 0.6) is 11.5 Å². The van der Waals surface area contributed by atoms with Crippen LogP contribution in [0.4, 0.5) is 0 Å². The molecule has 9 nitrogen and oxygen atoms in total. The third-order valence-corrected chi connectivity index (χ3v) is 9.11. The Morgan fingerprint density at radius 3 is 2.13 bits per heavy atom. The Morgan fingerprint density at radius 2 is 1.43 bits per heavy atom. The van der Waals surface area contributed by atoms with Crippen LogP contribution in [-0.4, -0.2) is 58.1 Å². The minimum atomic E-state index is -1.28. The number of carboxylic acid groups (broad SMARTS) is 2. The molecule has 0 radical (unpaired) electrons. The first kappa shape index (κ1) is 29.0. The smallest absolute Gasteiger partial charge is 0.344 e. The number of fused-ring (bicyclic) bond motifs is 5. The number of imide groups is 1. The number of carbonyl (C=O) groups is 4. The zero-order valence-electron chi connectivity index (χ0n) is 24.1. The highest BCUT2D eigenvalue weighted by Crippen LogP contribution is 2.45. The van der Waals surface area contributed by atoms with Gasteiger partial charge in [-0.05, 0) is 70.4 Å². The van der Waals surface area contributed by atoms with Crippen molar-refractivity contribution >= 4 is 66.0 Å². The van der Waals surface area contributed by atoms with Gasteiger partial charge in [0, 0.05) is 33.1 Å². The summed E-state index contributed by atoms with van der Waals surface area (Å²) in [5.41, 5.74) is 2.52. The molecule has 0 aliphatic carbocycles. The van der Waals surface area contributed by atoms with E-state index >= 15 is 0 Å². The molecular weight excluding hydrogens is 606 g/mol. The Kier molecular flexibility index (Phi) is 7.34. The molecule has 2 amide bonds. The van der Waals surface area contributed by atoms with Crippen LogP contribution in [0.1, 0.15) is 27.1 Å². The van der Waals surface area contributed by atoms with Crippen molar-refractivity contribution in [2.45, 2.75) is 12.5 Å². The summed E-state index contributed by atoms with van der Waals surface area (Å²) in [6.45, 7) is -0.519. The summed E-state index contributed by atoms with van der Waals surface area (Å²) in [5, 5.41) is 23.0. The standard InChI is InChI=1S/C36H25NO8S/c38-31(39)19-44-23-13-14-27-29(18-23)46-30-17-21-5-1-2-6-24(21)32(33(27)30)20-9-11-22(12-10-20)45-28(36(42)43)15-16-37-34(40)25-7-3-4-8-26(25)35(37)41/h1-14,17-18,28H,15-16,19H2,(H,38,39)(H,42,43). The fourth-order valence-electron chi connectivity index (χ4n) is 5.90. The van der Waals surface area contributed by atoms with Gasteiger partial charge < -0.3 is 19.7 Å². The number of thiophene rings is 1. The first-order valence-electron chi connectivity index (χ1n) is 14.5. The molecule has 5 aromatic carbocycles. The van der Waals surface area contributed by atoms with E-state index in [1.807, 2.05) is 42.5 Å². The Balaban J connectivity index is 1.18. The molecule has 0 bridgehead atoms. The molecule has 1 aromatic heterocycles. The third-order valence-electron chi connectivity index (χ3n) is 8.01. The quantitative estimate of drug-likeness (QED) is 0.157. The predicted octanol–water partition coefficient (Wildman–Crippen LogP) is 6.86. The molecule has 0 spiro atoms. The number of hydrogen-bond donors (Lipinski definition) is 2. The lowest BCUT2D eigenvalue weighted by molar-refractivity contribution is -0.145. The summed E-state index contributed by atoms with van der Waals surface area (Å²) < 4.78 is 13.3. The summed E-state index contributed by atoms with van der Waals surface area (Å²) >= 11 is 1.59. The van der Waals surface area contributed by atoms with Crippen LogP contribution in [0.15, 0.2) is 97.1 Å². The van der Waals surface area contributed by atoms with E-state index in [1.54, 1.807) is 53.8 Å². The molecule has 2 N–H and O–H groups in total. The lowest BCUT2D eigenvalue weighted by atomic mass is 9.93. The fraction of sp³-hybridized carbons (Fsp3) is 0.111. The van der Waals surface area contributed by atoms with E-state index in [1.165, 1.54) is 0 Å². The molecular formula is C36H25NO8S. The van der Waals surface area contributed by atoms with E-state index in [2.05, 4.69) is 12.1 Å². The highest BCUT2D eigenvalue weighted by Gasteiger charge is 2.36. The monoisotopic (exact) mass is 631 g/mol. The van der Waals surface area contributed by atoms with Gasteiger partial charge in [0.15, 0.2) is 12.7 Å². The SMILES string of the molecule is O=C(O)COc1ccc2c(c1)sc1cc3ccccc3c(-c3ccc(OC(CCN4C(=O)c5ccccc5C4=O)C(=O)O)cc3)c12. The second kappa shape index (κ2) is 11.6. The van der Waals surface area contributed by atoms with Gasteiger partial charge in [0.25, 0.3) is 11.8 Å². The average Bonchev–Trinajstić information content (AvgIpc) is 3.54. The van der Waals surface area contributed by atoms with E-state index in [9.17, 15) is 24.3 Å². The number of rotatable bonds is 10. The lowest BCUT2D eigenvalue weighted by Crippen LogP contribution is -2.36. The van der Waals surface area contributed by atoms with Gasteiger partial charge in [-0.2, -0.15) is 0 Å². The predicted molar refractivity (Wildman–Crippen MR) is 174 cm³/mol. The van der Waals surface area contributed by atoms with E-state index < -0.39 is 36.5 Å². The van der Waals surface area contributed by atoms with Gasteiger partial charge >= 0.3 is 11.9 Å². The third kappa shape index (κ3) is 5.18. The number of amides is 2. The molecule has 2 heterocycles. The van der Waals surface area contributed by atoms with Crippen LogP contribution < -0.4 is 9.47 Å². The first-order valence-corrected chi connectivity index (χ1v) is 15.3. The van der Waals surface area contributed by atoms with Crippen molar-refractivity contribution < 1.29 is 38.9 Å². The van der Waals surface area contributed by atoms with Crippen molar-refractivity contribution in [3.05, 3.63) is 108 Å². The molecule has 0 saturated heterocycles. The molecule has 0 fully saturated rings. The van der Waals surface area contributed by atoms with E-state index in [0.29, 0.717) is 22.6 Å². The van der Waals surface area contributed by atoms with Crippen LogP contribution in [0.3, 0.4) is 0 Å². The number of carboxylic acids is 2. The fourth-order valence-corrected chi connectivity index (χ4v) is 7.09. The molecule has 7 rings (SSSR count). The second-order valence-corrected chi connectivity index (χ2v) is 11.9. The molecule has 10 heteroatoms. The van der Waals surface area contributed by atoms with Gasteiger partial charge in [-0.1, -0.05) is 48.5 Å². The normalized spacial score (nSPS) is 13.3. The first-order chi connectivity index (χ1) is 22.3. The number of ether oxygens (including phenoxy) is 2. The number of benzene rings is 5. The van der Waals surface area contributed by atoms with Gasteiger partial charge in [0.2, 0.25) is 0 Å². The van der Waals surface area contributed by atoms with Crippen molar-refractivity contribution in [1.29, 1.82) is 0 Å². The van der Waals surface area contributed by atoms with Gasteiger partial charge in [-0.3, -0.25) is 14.5 Å². The largest absolute Gasteiger partial charge is 0.482 e. The van der Waals surface area contributed by atoms with Crippen molar-refractivity contribution in [3.8, 4) is 22.6 Å². The lowest BCUT2D eigenvalue weighted by Gasteiger charge is -2.19. The number of carbonyl (C=O) groups excluding carboxylic acids is 2.